The molecular formula is C14H14F3NS. The highest BCUT2D eigenvalue weighted by molar-refractivity contribution is 7.99. The molecule has 102 valence electrons. The van der Waals surface area contributed by atoms with Crippen LogP contribution in [0.15, 0.2) is 45.9 Å². The van der Waals surface area contributed by atoms with E-state index in [9.17, 15) is 13.2 Å². The summed E-state index contributed by atoms with van der Waals surface area (Å²) in [6, 6.07) is 7.72. The van der Waals surface area contributed by atoms with Crippen molar-refractivity contribution in [3.63, 3.8) is 0 Å². The van der Waals surface area contributed by atoms with Crippen LogP contribution in [0.4, 0.5) is 13.2 Å². The first-order valence-electron chi connectivity index (χ1n) is 6.07. The zero-order valence-electron chi connectivity index (χ0n) is 10.5. The fourth-order valence-corrected chi connectivity index (χ4v) is 2.77. The molecule has 0 spiro atoms. The number of nitrogens with zero attached hydrogens (tertiary/aromatic N) is 1. The average Bonchev–Trinajstić information content (AvgIpc) is 2.39. The number of hydrogen-bond donors (Lipinski definition) is 0. The Morgan fingerprint density at radius 3 is 2.53 bits per heavy atom. The van der Waals surface area contributed by atoms with Crippen LogP contribution in [0.1, 0.15) is 25.3 Å². The highest BCUT2D eigenvalue weighted by Crippen LogP contribution is 2.33. The van der Waals surface area contributed by atoms with Crippen molar-refractivity contribution in [2.24, 2.45) is 4.99 Å². The van der Waals surface area contributed by atoms with Crippen LogP contribution in [-0.4, -0.2) is 17.6 Å². The Bertz CT molecular complexity index is 518. The summed E-state index contributed by atoms with van der Waals surface area (Å²) in [5, 5.41) is 0. The van der Waals surface area contributed by atoms with Gasteiger partial charge in [-0.15, -0.1) is 11.8 Å². The minimum atomic E-state index is -4.26. The number of allylic oxidation sites excluding steroid dienone is 1. The number of halogens is 3. The average molecular weight is 285 g/mol. The fourth-order valence-electron chi connectivity index (χ4n) is 1.94. The molecule has 1 aromatic rings. The van der Waals surface area contributed by atoms with Crippen molar-refractivity contribution >= 4 is 17.5 Å². The summed E-state index contributed by atoms with van der Waals surface area (Å²) in [4.78, 5) is 5.09. The van der Waals surface area contributed by atoms with E-state index in [-0.39, 0.29) is 6.42 Å². The zero-order valence-corrected chi connectivity index (χ0v) is 11.3. The smallest absolute Gasteiger partial charge is 0.260 e. The summed E-state index contributed by atoms with van der Waals surface area (Å²) in [7, 11) is 0. The largest absolute Gasteiger partial charge is 0.414 e. The standard InChI is InChI=1S/C14H14F3NS/c1-2-19-13-6-4-3-5-11(13)12-8-7-10(9-18-12)14(15,16)17/h3-6,9H,2,7-8H2,1H3. The summed E-state index contributed by atoms with van der Waals surface area (Å²) in [6.45, 7) is 2.05. The second-order valence-corrected chi connectivity index (χ2v) is 5.46. The van der Waals surface area contributed by atoms with Gasteiger partial charge in [-0.2, -0.15) is 13.2 Å². The van der Waals surface area contributed by atoms with Gasteiger partial charge in [0.25, 0.3) is 0 Å². The van der Waals surface area contributed by atoms with Gasteiger partial charge in [0.1, 0.15) is 0 Å². The minimum Gasteiger partial charge on any atom is -0.260 e. The first kappa shape index (κ1) is 14.2. The quantitative estimate of drug-likeness (QED) is 0.725. The molecule has 5 heteroatoms. The highest BCUT2D eigenvalue weighted by atomic mass is 32.2. The Kier molecular flexibility index (Phi) is 4.34. The molecule has 0 unspecified atom stereocenters. The van der Waals surface area contributed by atoms with Crippen LogP contribution in [0.5, 0.6) is 0 Å². The third-order valence-corrected chi connectivity index (χ3v) is 3.82. The SMILES string of the molecule is CCSc1ccccc1C1=NC=C(C(F)(F)F)CC1. The van der Waals surface area contributed by atoms with Crippen LogP contribution in [0, 0.1) is 0 Å². The van der Waals surface area contributed by atoms with Crippen LogP contribution >= 0.6 is 11.8 Å². The van der Waals surface area contributed by atoms with E-state index in [1.54, 1.807) is 11.8 Å². The van der Waals surface area contributed by atoms with Gasteiger partial charge in [-0.1, -0.05) is 25.1 Å². The predicted octanol–water partition coefficient (Wildman–Crippen LogP) is 4.83. The van der Waals surface area contributed by atoms with Crippen LogP contribution in [0.25, 0.3) is 0 Å². The Balaban J connectivity index is 2.30. The molecule has 0 radical (unpaired) electrons. The maximum atomic E-state index is 12.5. The number of alkyl halides is 3. The van der Waals surface area contributed by atoms with E-state index in [1.807, 2.05) is 31.2 Å². The van der Waals surface area contributed by atoms with Gasteiger partial charge in [0.2, 0.25) is 0 Å². The molecule has 1 nitrogen and oxygen atoms in total. The molecule has 0 fully saturated rings. The summed E-state index contributed by atoms with van der Waals surface area (Å²) in [6.07, 6.45) is -2.95. The number of rotatable bonds is 3. The van der Waals surface area contributed by atoms with Crippen LogP contribution < -0.4 is 0 Å². The summed E-state index contributed by atoms with van der Waals surface area (Å²) in [5.74, 6) is 0.925. The zero-order chi connectivity index (χ0) is 13.9. The molecule has 0 saturated carbocycles. The number of hydrogen-bond acceptors (Lipinski definition) is 2. The lowest BCUT2D eigenvalue weighted by atomic mass is 10.00. The van der Waals surface area contributed by atoms with Crippen LogP contribution in [-0.2, 0) is 0 Å². The third kappa shape index (κ3) is 3.41. The van der Waals surface area contributed by atoms with E-state index in [1.165, 1.54) is 0 Å². The van der Waals surface area contributed by atoms with E-state index < -0.39 is 11.7 Å². The lowest BCUT2D eigenvalue weighted by Crippen LogP contribution is -2.16. The van der Waals surface area contributed by atoms with E-state index >= 15 is 0 Å². The Morgan fingerprint density at radius 2 is 1.95 bits per heavy atom. The molecule has 0 atom stereocenters. The van der Waals surface area contributed by atoms with Gasteiger partial charge in [-0.05, 0) is 24.7 Å². The van der Waals surface area contributed by atoms with Crippen molar-refractivity contribution in [3.05, 3.63) is 41.6 Å². The molecular weight excluding hydrogens is 271 g/mol. The summed E-state index contributed by atoms with van der Waals surface area (Å²) >= 11 is 1.68. The predicted molar refractivity (Wildman–Crippen MR) is 72.7 cm³/mol. The molecule has 0 N–H and O–H groups in total. The van der Waals surface area contributed by atoms with E-state index in [0.29, 0.717) is 6.42 Å². The number of benzene rings is 1. The van der Waals surface area contributed by atoms with Crippen LogP contribution in [0.2, 0.25) is 0 Å². The van der Waals surface area contributed by atoms with Crippen molar-refractivity contribution in [1.82, 2.24) is 0 Å². The molecule has 0 amide bonds. The summed E-state index contributed by atoms with van der Waals surface area (Å²) in [5.41, 5.74) is 1.15. The molecule has 0 aliphatic carbocycles. The Labute approximate surface area is 114 Å². The number of aliphatic imine (C=N–C) groups is 1. The van der Waals surface area contributed by atoms with E-state index in [2.05, 4.69) is 4.99 Å². The topological polar surface area (TPSA) is 12.4 Å². The lowest BCUT2D eigenvalue weighted by molar-refractivity contribution is -0.0941. The van der Waals surface area contributed by atoms with Gasteiger partial charge in [0, 0.05) is 22.4 Å². The Morgan fingerprint density at radius 1 is 1.21 bits per heavy atom. The molecule has 1 aliphatic rings. The third-order valence-electron chi connectivity index (χ3n) is 2.87. The molecule has 0 bridgehead atoms. The molecule has 1 aliphatic heterocycles. The van der Waals surface area contributed by atoms with Gasteiger partial charge in [-0.3, -0.25) is 4.99 Å². The van der Waals surface area contributed by atoms with Crippen molar-refractivity contribution in [2.45, 2.75) is 30.8 Å². The fraction of sp³-hybridized carbons (Fsp3) is 0.357. The van der Waals surface area contributed by atoms with E-state index in [4.69, 9.17) is 0 Å². The lowest BCUT2D eigenvalue weighted by Gasteiger charge is -2.17. The molecule has 2 rings (SSSR count). The van der Waals surface area contributed by atoms with Gasteiger partial charge in [-0.25, -0.2) is 0 Å². The number of thioether (sulfide) groups is 1. The van der Waals surface area contributed by atoms with Crippen molar-refractivity contribution in [1.29, 1.82) is 0 Å². The maximum Gasteiger partial charge on any atom is 0.414 e. The minimum absolute atomic E-state index is 0.00740. The first-order valence-corrected chi connectivity index (χ1v) is 7.06. The second-order valence-electron chi connectivity index (χ2n) is 4.16. The second kappa shape index (κ2) is 5.82. The molecule has 0 saturated heterocycles. The van der Waals surface area contributed by atoms with Gasteiger partial charge in [0.05, 0.1) is 5.57 Å². The monoisotopic (exact) mass is 285 g/mol. The van der Waals surface area contributed by atoms with Gasteiger partial charge in [0.15, 0.2) is 0 Å². The molecule has 1 heterocycles. The van der Waals surface area contributed by atoms with Gasteiger partial charge >= 0.3 is 6.18 Å². The maximum absolute atomic E-state index is 12.5. The molecule has 19 heavy (non-hydrogen) atoms. The highest BCUT2D eigenvalue weighted by Gasteiger charge is 2.34. The van der Waals surface area contributed by atoms with Crippen LogP contribution in [0.3, 0.4) is 0 Å². The van der Waals surface area contributed by atoms with Crippen molar-refractivity contribution in [2.75, 3.05) is 5.75 Å². The Hall–Kier alpha value is -1.23. The summed E-state index contributed by atoms with van der Waals surface area (Å²) < 4.78 is 37.6. The molecule has 0 aromatic heterocycles. The van der Waals surface area contributed by atoms with E-state index in [0.717, 1.165) is 28.1 Å². The van der Waals surface area contributed by atoms with Gasteiger partial charge < -0.3 is 0 Å². The first-order chi connectivity index (χ1) is 9.02. The van der Waals surface area contributed by atoms with Crippen molar-refractivity contribution < 1.29 is 13.2 Å². The van der Waals surface area contributed by atoms with Crippen molar-refractivity contribution in [3.8, 4) is 0 Å². The normalized spacial score (nSPS) is 16.0. The molecule has 1 aromatic carbocycles.